The third-order valence-corrected chi connectivity index (χ3v) is 3.23. The standard InChI is InChI=1S/C13H16F3NO/c1-8(10-4-2-3-7-17-10)18-11-6-5-9(14)12(15)13(11)16/h5-6,8,10,17H,2-4,7H2,1H3. The van der Waals surface area contributed by atoms with Crippen molar-refractivity contribution in [3.8, 4) is 5.75 Å². The average Bonchev–Trinajstić information content (AvgIpc) is 2.40. The summed E-state index contributed by atoms with van der Waals surface area (Å²) in [5.74, 6) is -4.20. The Labute approximate surface area is 104 Å². The van der Waals surface area contributed by atoms with Crippen LogP contribution in [-0.4, -0.2) is 18.7 Å². The van der Waals surface area contributed by atoms with Crippen LogP contribution in [0.3, 0.4) is 0 Å². The van der Waals surface area contributed by atoms with E-state index in [9.17, 15) is 13.2 Å². The number of halogens is 3. The molecule has 1 saturated heterocycles. The predicted octanol–water partition coefficient (Wildman–Crippen LogP) is 3.01. The van der Waals surface area contributed by atoms with Gasteiger partial charge in [0.2, 0.25) is 5.82 Å². The summed E-state index contributed by atoms with van der Waals surface area (Å²) in [6, 6.07) is 2.10. The maximum atomic E-state index is 13.4. The predicted molar refractivity (Wildman–Crippen MR) is 62.0 cm³/mol. The first-order chi connectivity index (χ1) is 8.59. The molecule has 1 aliphatic heterocycles. The molecule has 2 atom stereocenters. The Morgan fingerprint density at radius 3 is 2.67 bits per heavy atom. The topological polar surface area (TPSA) is 21.3 Å². The molecule has 0 radical (unpaired) electrons. The van der Waals surface area contributed by atoms with Gasteiger partial charge in [0.1, 0.15) is 6.10 Å². The summed E-state index contributed by atoms with van der Waals surface area (Å²) in [7, 11) is 0. The normalized spacial score (nSPS) is 21.7. The first-order valence-corrected chi connectivity index (χ1v) is 6.13. The van der Waals surface area contributed by atoms with Crippen molar-refractivity contribution < 1.29 is 17.9 Å². The zero-order valence-electron chi connectivity index (χ0n) is 10.2. The Hall–Kier alpha value is -1.23. The summed E-state index contributed by atoms with van der Waals surface area (Å²) < 4.78 is 44.6. The van der Waals surface area contributed by atoms with Gasteiger partial charge in [0.25, 0.3) is 0 Å². The van der Waals surface area contributed by atoms with Crippen molar-refractivity contribution in [1.29, 1.82) is 0 Å². The third kappa shape index (κ3) is 2.77. The molecule has 0 saturated carbocycles. The number of piperidine rings is 1. The molecule has 0 bridgehead atoms. The Kier molecular flexibility index (Phi) is 4.11. The van der Waals surface area contributed by atoms with Gasteiger partial charge in [-0.25, -0.2) is 8.78 Å². The molecular formula is C13H16F3NO. The molecule has 1 fully saturated rings. The summed E-state index contributed by atoms with van der Waals surface area (Å²) in [5.41, 5.74) is 0. The van der Waals surface area contributed by atoms with Crippen molar-refractivity contribution in [2.45, 2.75) is 38.3 Å². The van der Waals surface area contributed by atoms with E-state index in [2.05, 4.69) is 5.32 Å². The molecule has 0 aromatic heterocycles. The van der Waals surface area contributed by atoms with Crippen LogP contribution in [0.1, 0.15) is 26.2 Å². The van der Waals surface area contributed by atoms with E-state index in [0.717, 1.165) is 37.9 Å². The maximum absolute atomic E-state index is 13.4. The molecular weight excluding hydrogens is 243 g/mol. The van der Waals surface area contributed by atoms with Gasteiger partial charge >= 0.3 is 0 Å². The number of rotatable bonds is 3. The van der Waals surface area contributed by atoms with Crippen molar-refractivity contribution in [3.05, 3.63) is 29.6 Å². The maximum Gasteiger partial charge on any atom is 0.203 e. The van der Waals surface area contributed by atoms with E-state index in [4.69, 9.17) is 4.74 Å². The molecule has 0 amide bonds. The van der Waals surface area contributed by atoms with Gasteiger partial charge in [0.15, 0.2) is 17.4 Å². The third-order valence-electron chi connectivity index (χ3n) is 3.23. The van der Waals surface area contributed by atoms with Gasteiger partial charge in [0, 0.05) is 6.04 Å². The van der Waals surface area contributed by atoms with E-state index in [1.807, 2.05) is 0 Å². The molecule has 1 N–H and O–H groups in total. The fourth-order valence-corrected chi connectivity index (χ4v) is 2.16. The van der Waals surface area contributed by atoms with Gasteiger partial charge in [-0.1, -0.05) is 6.42 Å². The second-order valence-corrected chi connectivity index (χ2v) is 4.55. The van der Waals surface area contributed by atoms with E-state index in [0.29, 0.717) is 0 Å². The number of hydrogen-bond acceptors (Lipinski definition) is 2. The highest BCUT2D eigenvalue weighted by Crippen LogP contribution is 2.24. The molecule has 0 spiro atoms. The highest BCUT2D eigenvalue weighted by atomic mass is 19.2. The molecule has 18 heavy (non-hydrogen) atoms. The lowest BCUT2D eigenvalue weighted by Crippen LogP contribution is -2.44. The lowest BCUT2D eigenvalue weighted by molar-refractivity contribution is 0.145. The summed E-state index contributed by atoms with van der Waals surface area (Å²) in [4.78, 5) is 0. The van der Waals surface area contributed by atoms with Crippen molar-refractivity contribution in [1.82, 2.24) is 5.32 Å². The fraction of sp³-hybridized carbons (Fsp3) is 0.538. The number of nitrogens with one attached hydrogen (secondary N) is 1. The van der Waals surface area contributed by atoms with E-state index < -0.39 is 17.5 Å². The number of ether oxygens (including phenoxy) is 1. The summed E-state index contributed by atoms with van der Waals surface area (Å²) in [5, 5.41) is 3.27. The summed E-state index contributed by atoms with van der Waals surface area (Å²) in [6.45, 7) is 2.70. The highest BCUT2D eigenvalue weighted by Gasteiger charge is 2.23. The molecule has 2 unspecified atom stereocenters. The lowest BCUT2D eigenvalue weighted by Gasteiger charge is -2.29. The number of benzene rings is 1. The van der Waals surface area contributed by atoms with Crippen LogP contribution in [0.15, 0.2) is 12.1 Å². The van der Waals surface area contributed by atoms with Gasteiger partial charge in [-0.15, -0.1) is 0 Å². The zero-order chi connectivity index (χ0) is 13.1. The molecule has 1 aromatic carbocycles. The second kappa shape index (κ2) is 5.61. The van der Waals surface area contributed by atoms with Crippen LogP contribution < -0.4 is 10.1 Å². The Morgan fingerprint density at radius 1 is 1.22 bits per heavy atom. The average molecular weight is 259 g/mol. The van der Waals surface area contributed by atoms with Gasteiger partial charge in [-0.3, -0.25) is 0 Å². The number of hydrogen-bond donors (Lipinski definition) is 1. The molecule has 2 rings (SSSR count). The molecule has 5 heteroatoms. The molecule has 0 aliphatic carbocycles. The molecule has 1 heterocycles. The van der Waals surface area contributed by atoms with Crippen molar-refractivity contribution in [2.75, 3.05) is 6.54 Å². The highest BCUT2D eigenvalue weighted by molar-refractivity contribution is 5.26. The molecule has 2 nitrogen and oxygen atoms in total. The molecule has 100 valence electrons. The van der Waals surface area contributed by atoms with Crippen molar-refractivity contribution in [2.24, 2.45) is 0 Å². The van der Waals surface area contributed by atoms with Crippen LogP contribution >= 0.6 is 0 Å². The van der Waals surface area contributed by atoms with Gasteiger partial charge in [-0.05, 0) is 38.4 Å². The van der Waals surface area contributed by atoms with E-state index in [1.54, 1.807) is 6.92 Å². The van der Waals surface area contributed by atoms with Crippen LogP contribution in [0.25, 0.3) is 0 Å². The Balaban J connectivity index is 2.06. The van der Waals surface area contributed by atoms with Crippen molar-refractivity contribution >= 4 is 0 Å². The lowest BCUT2D eigenvalue weighted by atomic mass is 10.0. The van der Waals surface area contributed by atoms with E-state index in [-0.39, 0.29) is 17.9 Å². The summed E-state index contributed by atoms with van der Waals surface area (Å²) in [6.07, 6.45) is 2.85. The van der Waals surface area contributed by atoms with E-state index >= 15 is 0 Å². The fourth-order valence-electron chi connectivity index (χ4n) is 2.16. The van der Waals surface area contributed by atoms with Gasteiger partial charge < -0.3 is 10.1 Å². The van der Waals surface area contributed by atoms with Gasteiger partial charge in [0.05, 0.1) is 0 Å². The zero-order valence-corrected chi connectivity index (χ0v) is 10.2. The van der Waals surface area contributed by atoms with Crippen LogP contribution in [0.4, 0.5) is 13.2 Å². The minimum Gasteiger partial charge on any atom is -0.486 e. The largest absolute Gasteiger partial charge is 0.486 e. The molecule has 1 aliphatic rings. The SMILES string of the molecule is CC(Oc1ccc(F)c(F)c1F)C1CCCCN1. The quantitative estimate of drug-likeness (QED) is 0.842. The first-order valence-electron chi connectivity index (χ1n) is 6.13. The smallest absolute Gasteiger partial charge is 0.203 e. The van der Waals surface area contributed by atoms with Crippen LogP contribution in [-0.2, 0) is 0 Å². The monoisotopic (exact) mass is 259 g/mol. The Bertz CT molecular complexity index is 419. The van der Waals surface area contributed by atoms with Crippen LogP contribution in [0.5, 0.6) is 5.75 Å². The molecule has 1 aromatic rings. The van der Waals surface area contributed by atoms with Gasteiger partial charge in [-0.2, -0.15) is 4.39 Å². The van der Waals surface area contributed by atoms with E-state index in [1.165, 1.54) is 0 Å². The minimum absolute atomic E-state index is 0.117. The Morgan fingerprint density at radius 2 is 2.00 bits per heavy atom. The van der Waals surface area contributed by atoms with Crippen LogP contribution in [0.2, 0.25) is 0 Å². The first kappa shape index (κ1) is 13.2. The van der Waals surface area contributed by atoms with Crippen molar-refractivity contribution in [3.63, 3.8) is 0 Å². The minimum atomic E-state index is -1.49. The summed E-state index contributed by atoms with van der Waals surface area (Å²) >= 11 is 0. The second-order valence-electron chi connectivity index (χ2n) is 4.55. The van der Waals surface area contributed by atoms with Crippen LogP contribution in [0, 0.1) is 17.5 Å².